The Hall–Kier alpha value is 0.247. The van der Waals surface area contributed by atoms with Crippen LogP contribution in [0.1, 0.15) is 12.8 Å². The summed E-state index contributed by atoms with van der Waals surface area (Å²) < 4.78 is 5.21. The molecule has 0 saturated carbocycles. The number of alkyl halides is 2. The Kier molecular flexibility index (Phi) is 8.53. The van der Waals surface area contributed by atoms with Gasteiger partial charge >= 0.3 is 0 Å². The third kappa shape index (κ3) is 10.2. The first-order valence-corrected chi connectivity index (χ1v) is 5.95. The molecule has 0 unspecified atom stereocenters. The minimum atomic E-state index is -0.472. The van der Waals surface area contributed by atoms with Crippen molar-refractivity contribution < 1.29 is 4.43 Å². The molecule has 0 spiro atoms. The first-order chi connectivity index (χ1) is 5.27. The molecular weight excluding hydrogens is 201 g/mol. The SMILES string of the molecule is N#CCCC[SiH2]OCC(Cl)Cl. The molecule has 0 aromatic carbocycles. The fraction of sp³-hybridized carbons (Fsp3) is 0.833. The summed E-state index contributed by atoms with van der Waals surface area (Å²) in [5.41, 5.74) is 0. The van der Waals surface area contributed by atoms with Gasteiger partial charge in [0.15, 0.2) is 9.76 Å². The van der Waals surface area contributed by atoms with Gasteiger partial charge in [0.25, 0.3) is 0 Å². The van der Waals surface area contributed by atoms with Gasteiger partial charge in [0.1, 0.15) is 4.84 Å². The molecule has 64 valence electrons. The lowest BCUT2D eigenvalue weighted by Crippen LogP contribution is -2.05. The molecule has 11 heavy (non-hydrogen) atoms. The van der Waals surface area contributed by atoms with E-state index in [0.29, 0.717) is 13.0 Å². The molecule has 5 heteroatoms. The van der Waals surface area contributed by atoms with E-state index in [1.54, 1.807) is 0 Å². The third-order valence-corrected chi connectivity index (χ3v) is 2.64. The van der Waals surface area contributed by atoms with Crippen molar-refractivity contribution in [1.82, 2.24) is 0 Å². The molecule has 0 amide bonds. The highest BCUT2D eigenvalue weighted by Gasteiger charge is 1.97. The molecule has 0 fully saturated rings. The summed E-state index contributed by atoms with van der Waals surface area (Å²) >= 11 is 10.9. The van der Waals surface area contributed by atoms with Crippen molar-refractivity contribution in [1.29, 1.82) is 5.26 Å². The first-order valence-electron chi connectivity index (χ1n) is 3.50. The second kappa shape index (κ2) is 8.34. The summed E-state index contributed by atoms with van der Waals surface area (Å²) in [6, 6.07) is 3.12. The predicted molar refractivity (Wildman–Crippen MR) is 49.6 cm³/mol. The Labute approximate surface area is 79.4 Å². The summed E-state index contributed by atoms with van der Waals surface area (Å²) in [7, 11) is -0.472. The Bertz CT molecular complexity index is 126. The van der Waals surface area contributed by atoms with E-state index in [-0.39, 0.29) is 0 Å². The van der Waals surface area contributed by atoms with Gasteiger partial charge in [0.05, 0.1) is 12.7 Å². The number of nitriles is 1. The van der Waals surface area contributed by atoms with E-state index >= 15 is 0 Å². The molecule has 0 aromatic rings. The Morgan fingerprint density at radius 3 is 2.82 bits per heavy atom. The van der Waals surface area contributed by atoms with Crippen LogP contribution in [0, 0.1) is 11.3 Å². The first kappa shape index (κ1) is 11.2. The van der Waals surface area contributed by atoms with E-state index in [9.17, 15) is 0 Å². The zero-order valence-electron chi connectivity index (χ0n) is 6.22. The van der Waals surface area contributed by atoms with Crippen molar-refractivity contribution in [3.8, 4) is 6.07 Å². The molecule has 2 nitrogen and oxygen atoms in total. The number of hydrogen-bond donors (Lipinski definition) is 0. The van der Waals surface area contributed by atoms with E-state index in [1.165, 1.54) is 0 Å². The molecule has 0 saturated heterocycles. The number of halogens is 2. The van der Waals surface area contributed by atoms with E-state index < -0.39 is 14.6 Å². The van der Waals surface area contributed by atoms with Crippen molar-refractivity contribution in [3.05, 3.63) is 0 Å². The van der Waals surface area contributed by atoms with Gasteiger partial charge in [-0.25, -0.2) is 0 Å². The van der Waals surface area contributed by atoms with E-state index in [1.807, 2.05) is 0 Å². The molecular formula is C6H11Cl2NOSi. The Morgan fingerprint density at radius 2 is 2.27 bits per heavy atom. The maximum atomic E-state index is 8.19. The highest BCUT2D eigenvalue weighted by molar-refractivity contribution is 6.44. The molecule has 0 N–H and O–H groups in total. The van der Waals surface area contributed by atoms with Crippen LogP contribution in [0.5, 0.6) is 0 Å². The highest BCUT2D eigenvalue weighted by Crippen LogP contribution is 2.01. The van der Waals surface area contributed by atoms with Crippen molar-refractivity contribution in [2.75, 3.05) is 6.61 Å². The largest absolute Gasteiger partial charge is 0.421 e. The minimum absolute atomic E-state index is 0.404. The fourth-order valence-corrected chi connectivity index (χ4v) is 2.12. The van der Waals surface area contributed by atoms with E-state index in [0.717, 1.165) is 12.5 Å². The van der Waals surface area contributed by atoms with Gasteiger partial charge in [-0.05, 0) is 12.5 Å². The highest BCUT2D eigenvalue weighted by atomic mass is 35.5. The third-order valence-electron chi connectivity index (χ3n) is 1.07. The van der Waals surface area contributed by atoms with E-state index in [4.69, 9.17) is 32.9 Å². The minimum Gasteiger partial charge on any atom is -0.421 e. The summed E-state index contributed by atoms with van der Waals surface area (Å²) in [6.45, 7) is 0.432. The van der Waals surface area contributed by atoms with Gasteiger partial charge in [-0.1, -0.05) is 0 Å². The normalized spacial score (nSPS) is 11.1. The lowest BCUT2D eigenvalue weighted by Gasteiger charge is -2.01. The van der Waals surface area contributed by atoms with E-state index in [2.05, 4.69) is 6.07 Å². The average Bonchev–Trinajstić information content (AvgIpc) is 1.96. The smallest absolute Gasteiger partial charge is 0.161 e. The summed E-state index contributed by atoms with van der Waals surface area (Å²) in [5.74, 6) is 0. The van der Waals surface area contributed by atoms with Crippen LogP contribution in [0.4, 0.5) is 0 Å². The van der Waals surface area contributed by atoms with Gasteiger partial charge in [0.2, 0.25) is 0 Å². The van der Waals surface area contributed by atoms with Crippen LogP contribution in [0.2, 0.25) is 6.04 Å². The fourth-order valence-electron chi connectivity index (χ4n) is 0.581. The quantitative estimate of drug-likeness (QED) is 0.380. The van der Waals surface area contributed by atoms with Crippen molar-refractivity contribution in [2.45, 2.75) is 23.7 Å². The lowest BCUT2D eigenvalue weighted by molar-refractivity contribution is 0.353. The molecule has 0 bridgehead atoms. The number of nitrogens with zero attached hydrogens (tertiary/aromatic N) is 1. The second-order valence-electron chi connectivity index (χ2n) is 2.08. The van der Waals surface area contributed by atoms with Gasteiger partial charge in [0, 0.05) is 6.42 Å². The van der Waals surface area contributed by atoms with Crippen molar-refractivity contribution in [3.63, 3.8) is 0 Å². The molecule has 0 radical (unpaired) electrons. The number of unbranched alkanes of at least 4 members (excludes halogenated alkanes) is 1. The zero-order chi connectivity index (χ0) is 8.53. The zero-order valence-corrected chi connectivity index (χ0v) is 9.15. The molecule has 0 heterocycles. The second-order valence-corrected chi connectivity index (χ2v) is 4.88. The van der Waals surface area contributed by atoms with Gasteiger partial charge < -0.3 is 4.43 Å². The van der Waals surface area contributed by atoms with Crippen LogP contribution in [0.15, 0.2) is 0 Å². The van der Waals surface area contributed by atoms with Crippen LogP contribution in [0.3, 0.4) is 0 Å². The molecule has 0 aliphatic heterocycles. The van der Waals surface area contributed by atoms with Crippen LogP contribution >= 0.6 is 23.2 Å². The summed E-state index contributed by atoms with van der Waals surface area (Å²) in [5, 5.41) is 8.19. The van der Waals surface area contributed by atoms with Gasteiger partial charge in [-0.3, -0.25) is 0 Å². The maximum Gasteiger partial charge on any atom is 0.161 e. The average molecular weight is 212 g/mol. The monoisotopic (exact) mass is 211 g/mol. The van der Waals surface area contributed by atoms with Crippen LogP contribution in [-0.2, 0) is 4.43 Å². The van der Waals surface area contributed by atoms with Crippen molar-refractivity contribution >= 4 is 33.0 Å². The molecule has 0 atom stereocenters. The molecule has 0 aliphatic rings. The summed E-state index contributed by atoms with van der Waals surface area (Å²) in [4.78, 5) is -0.404. The molecule has 0 rings (SSSR count). The van der Waals surface area contributed by atoms with Crippen molar-refractivity contribution in [2.24, 2.45) is 0 Å². The van der Waals surface area contributed by atoms with Gasteiger partial charge in [-0.2, -0.15) is 5.26 Å². The molecule has 0 aliphatic carbocycles. The number of hydrogen-bond acceptors (Lipinski definition) is 2. The van der Waals surface area contributed by atoms with Gasteiger partial charge in [-0.15, -0.1) is 23.2 Å². The lowest BCUT2D eigenvalue weighted by atomic mass is 10.4. The molecule has 0 aromatic heterocycles. The summed E-state index contributed by atoms with van der Waals surface area (Å²) in [6.07, 6.45) is 1.57. The van der Waals surface area contributed by atoms with Crippen LogP contribution in [0.25, 0.3) is 0 Å². The van der Waals surface area contributed by atoms with Crippen LogP contribution in [-0.4, -0.2) is 21.2 Å². The van der Waals surface area contributed by atoms with Crippen LogP contribution < -0.4 is 0 Å². The Morgan fingerprint density at radius 1 is 1.55 bits per heavy atom. The topological polar surface area (TPSA) is 33.0 Å². The standard InChI is InChI=1S/C6H11Cl2NOSi/c7-6(8)5-10-11-4-2-1-3-9/h6H,1-2,4-5,11H2. The maximum absolute atomic E-state index is 8.19. The predicted octanol–water partition coefficient (Wildman–Crippen LogP) is 1.61. The Balaban J connectivity index is 2.86. The number of rotatable bonds is 6.